The first kappa shape index (κ1) is 35.9. The number of para-hydroxylation sites is 1. The van der Waals surface area contributed by atoms with Crippen LogP contribution in [0.4, 0.5) is 11.4 Å². The average molecular weight is 818 g/mol. The second-order valence-electron chi connectivity index (χ2n) is 19.3. The molecule has 4 aromatic heterocycles. The Labute approximate surface area is 363 Å². The first-order valence-electron chi connectivity index (χ1n) is 21.6. The molecule has 0 amide bonds. The minimum absolute atomic E-state index is 0.00306. The molecule has 0 saturated carbocycles. The first-order valence-corrected chi connectivity index (χ1v) is 22.4. The smallest absolute Gasteiger partial charge is 0.198 e. The lowest BCUT2D eigenvalue weighted by molar-refractivity contribution is 0.587. The molecule has 0 fully saturated rings. The Morgan fingerprint density at radius 2 is 1.18 bits per heavy atom. The quantitative estimate of drug-likeness (QED) is 0.181. The van der Waals surface area contributed by atoms with Crippen LogP contribution in [0.1, 0.15) is 52.7 Å². The molecule has 1 aliphatic heterocycles. The molecular formula is C56H42BN2O2S. The topological polar surface area (TPSA) is 43.2 Å². The molecular weight excluding hydrogens is 776 g/mol. The number of hydrogen-bond donors (Lipinski definition) is 1. The average Bonchev–Trinajstić information content (AvgIpc) is 4.00. The van der Waals surface area contributed by atoms with Crippen molar-refractivity contribution in [1.82, 2.24) is 4.57 Å². The lowest BCUT2D eigenvalue weighted by Crippen LogP contribution is -2.37. The molecule has 0 spiro atoms. The van der Waals surface area contributed by atoms with E-state index < -0.39 is 0 Å². The van der Waals surface area contributed by atoms with Gasteiger partial charge in [0.2, 0.25) is 0 Å². The fourth-order valence-corrected chi connectivity index (χ4v) is 11.2. The molecule has 8 aromatic carbocycles. The number of benzene rings is 8. The summed E-state index contributed by atoms with van der Waals surface area (Å²) >= 11 is 1.87. The van der Waals surface area contributed by atoms with Gasteiger partial charge in [-0.25, -0.2) is 0 Å². The second kappa shape index (κ2) is 12.4. The van der Waals surface area contributed by atoms with Gasteiger partial charge in [0, 0.05) is 81.0 Å². The van der Waals surface area contributed by atoms with Gasteiger partial charge in [0.15, 0.2) is 7.28 Å². The molecule has 297 valence electrons. The summed E-state index contributed by atoms with van der Waals surface area (Å²) in [6.07, 6.45) is 0. The van der Waals surface area contributed by atoms with E-state index in [1.165, 1.54) is 58.6 Å². The van der Waals surface area contributed by atoms with Gasteiger partial charge < -0.3 is 18.7 Å². The summed E-state index contributed by atoms with van der Waals surface area (Å²) in [4.78, 5) is 0. The van der Waals surface area contributed by atoms with Crippen LogP contribution in [0.25, 0.3) is 103 Å². The van der Waals surface area contributed by atoms with E-state index in [0.717, 1.165) is 77.5 Å². The van der Waals surface area contributed by atoms with E-state index in [-0.39, 0.29) is 10.8 Å². The largest absolute Gasteiger partial charge is 0.456 e. The molecule has 1 radical (unpaired) electrons. The number of hydrogen-bond acceptors (Lipinski definition) is 4. The van der Waals surface area contributed by atoms with E-state index >= 15 is 0 Å². The molecule has 6 heteroatoms. The summed E-state index contributed by atoms with van der Waals surface area (Å²) in [6, 6.07) is 51.5. The maximum atomic E-state index is 6.73. The number of furan rings is 2. The zero-order chi connectivity index (χ0) is 41.8. The van der Waals surface area contributed by atoms with Gasteiger partial charge in [-0.3, -0.25) is 0 Å². The van der Waals surface area contributed by atoms with Crippen LogP contribution in [0.5, 0.6) is 0 Å². The van der Waals surface area contributed by atoms with Crippen LogP contribution in [0.2, 0.25) is 0 Å². The highest BCUT2D eigenvalue weighted by atomic mass is 32.1. The molecule has 0 bridgehead atoms. The van der Waals surface area contributed by atoms with Crippen molar-refractivity contribution in [3.63, 3.8) is 0 Å². The van der Waals surface area contributed by atoms with E-state index in [0.29, 0.717) is 0 Å². The summed E-state index contributed by atoms with van der Waals surface area (Å²) in [5.41, 5.74) is 16.4. The third-order valence-corrected chi connectivity index (χ3v) is 14.5. The Hall–Kier alpha value is -6.76. The third-order valence-electron chi connectivity index (χ3n) is 13.3. The van der Waals surface area contributed by atoms with Crippen molar-refractivity contribution in [2.45, 2.75) is 52.4 Å². The van der Waals surface area contributed by atoms with Crippen LogP contribution < -0.4 is 16.2 Å². The van der Waals surface area contributed by atoms with E-state index in [9.17, 15) is 0 Å². The van der Waals surface area contributed by atoms with Gasteiger partial charge in [0.1, 0.15) is 22.3 Å². The molecule has 0 atom stereocenters. The second-order valence-corrected chi connectivity index (χ2v) is 20.4. The van der Waals surface area contributed by atoms with E-state index in [1.807, 2.05) is 17.4 Å². The number of aromatic nitrogens is 1. The summed E-state index contributed by atoms with van der Waals surface area (Å²) in [5.74, 6) is 0. The van der Waals surface area contributed by atoms with Crippen LogP contribution in [-0.2, 0) is 10.8 Å². The number of fused-ring (bicyclic) bond motifs is 14. The van der Waals surface area contributed by atoms with Crippen LogP contribution in [0.3, 0.4) is 0 Å². The highest BCUT2D eigenvalue weighted by molar-refractivity contribution is 7.25. The number of rotatable bonds is 3. The fraction of sp³-hybridized carbons (Fsp3) is 0.143. The normalized spacial score (nSPS) is 13.1. The zero-order valence-electron chi connectivity index (χ0n) is 35.5. The van der Waals surface area contributed by atoms with Crippen molar-refractivity contribution in [3.8, 4) is 16.8 Å². The monoisotopic (exact) mass is 817 g/mol. The number of nitrogens with one attached hydrogen (secondary N) is 1. The molecule has 1 N–H and O–H groups in total. The Bertz CT molecular complexity index is 3880. The van der Waals surface area contributed by atoms with Crippen molar-refractivity contribution >= 4 is 127 Å². The Morgan fingerprint density at radius 3 is 2.00 bits per heavy atom. The predicted octanol–water partition coefficient (Wildman–Crippen LogP) is 14.9. The van der Waals surface area contributed by atoms with Gasteiger partial charge >= 0.3 is 0 Å². The highest BCUT2D eigenvalue weighted by Gasteiger charge is 2.29. The van der Waals surface area contributed by atoms with Crippen LogP contribution in [-0.4, -0.2) is 11.8 Å². The van der Waals surface area contributed by atoms with E-state index in [2.05, 4.69) is 192 Å². The molecule has 13 rings (SSSR count). The minimum Gasteiger partial charge on any atom is -0.456 e. The standard InChI is InChI=1S/C56H42BN2O2S/c1-55(2,3)30-15-18-32(19-16-30)58-44-28-50-40(34-20-17-31(56(4,5)6)23-48(34)61-50)24-38(44)36-21-22-37-39-25-42-35-12-8-10-14-51(35)62-52(42)29-45(39)59-46-26-41-33-11-7-9-13-47(33)60-49(41)27-43(46)57-53(36)54(37)59/h7-29,58H,1-6H3. The van der Waals surface area contributed by atoms with Crippen molar-refractivity contribution in [2.24, 2.45) is 0 Å². The first-order chi connectivity index (χ1) is 29.9. The van der Waals surface area contributed by atoms with Crippen molar-refractivity contribution in [3.05, 3.63) is 151 Å². The SMILES string of the molecule is CC(C)(C)c1ccc(Nc2cc3oc4cc(C(C)(C)C)ccc4c3cc2-c2ccc3c4cc5c(cc4n4c3c2[B]c2cc3oc6ccccc6c3cc2-4)sc2ccccc25)cc1. The number of thiophene rings is 1. The molecule has 62 heavy (non-hydrogen) atoms. The molecule has 1 aliphatic rings. The third kappa shape index (κ3) is 5.20. The molecule has 0 saturated heterocycles. The Balaban J connectivity index is 1.11. The van der Waals surface area contributed by atoms with Gasteiger partial charge in [-0.15, -0.1) is 11.3 Å². The molecule has 0 unspecified atom stereocenters. The van der Waals surface area contributed by atoms with Gasteiger partial charge in [-0.2, -0.15) is 0 Å². The van der Waals surface area contributed by atoms with Gasteiger partial charge in [0.05, 0.1) is 11.2 Å². The lowest BCUT2D eigenvalue weighted by Gasteiger charge is -2.24. The highest BCUT2D eigenvalue weighted by Crippen LogP contribution is 2.45. The fourth-order valence-electron chi connectivity index (χ4n) is 10.0. The van der Waals surface area contributed by atoms with Crippen molar-refractivity contribution < 1.29 is 8.83 Å². The predicted molar refractivity (Wildman–Crippen MR) is 266 cm³/mol. The van der Waals surface area contributed by atoms with Crippen LogP contribution in [0.15, 0.2) is 148 Å². The minimum atomic E-state index is 0.00306. The Morgan fingerprint density at radius 1 is 0.500 bits per heavy atom. The zero-order valence-corrected chi connectivity index (χ0v) is 36.3. The maximum Gasteiger partial charge on any atom is 0.198 e. The van der Waals surface area contributed by atoms with Gasteiger partial charge in [0.25, 0.3) is 0 Å². The molecule has 12 aromatic rings. The van der Waals surface area contributed by atoms with E-state index in [1.54, 1.807) is 0 Å². The van der Waals surface area contributed by atoms with Crippen molar-refractivity contribution in [1.29, 1.82) is 0 Å². The van der Waals surface area contributed by atoms with Gasteiger partial charge in [-0.05, 0) is 93.6 Å². The van der Waals surface area contributed by atoms with Crippen LogP contribution >= 0.6 is 11.3 Å². The van der Waals surface area contributed by atoms with Gasteiger partial charge in [-0.1, -0.05) is 120 Å². The maximum absolute atomic E-state index is 6.73. The molecule has 4 nitrogen and oxygen atoms in total. The molecule has 5 heterocycles. The van der Waals surface area contributed by atoms with Crippen LogP contribution in [0, 0.1) is 0 Å². The lowest BCUT2D eigenvalue weighted by atomic mass is 9.59. The molecule has 0 aliphatic carbocycles. The number of anilines is 2. The summed E-state index contributed by atoms with van der Waals surface area (Å²) in [6.45, 7) is 13.5. The van der Waals surface area contributed by atoms with E-state index in [4.69, 9.17) is 8.83 Å². The summed E-state index contributed by atoms with van der Waals surface area (Å²) in [5, 5.41) is 13.5. The Kier molecular flexibility index (Phi) is 7.21. The van der Waals surface area contributed by atoms with Crippen molar-refractivity contribution in [2.75, 3.05) is 5.32 Å². The summed E-state index contributed by atoms with van der Waals surface area (Å²) < 4.78 is 18.4. The number of nitrogens with zero attached hydrogens (tertiary/aromatic N) is 1. The summed E-state index contributed by atoms with van der Waals surface area (Å²) in [7, 11) is 2.39.